The van der Waals surface area contributed by atoms with Gasteiger partial charge in [-0.2, -0.15) is 0 Å². The molecule has 0 fully saturated rings. The van der Waals surface area contributed by atoms with Gasteiger partial charge in [-0.1, -0.05) is 0 Å². The highest BCUT2D eigenvalue weighted by molar-refractivity contribution is 14.1. The van der Waals surface area contributed by atoms with E-state index >= 15 is 0 Å². The predicted octanol–water partition coefficient (Wildman–Crippen LogP) is 1.26. The fourth-order valence-electron chi connectivity index (χ4n) is 0.803. The molecule has 0 aromatic carbocycles. The molecule has 0 aliphatic carbocycles. The highest BCUT2D eigenvalue weighted by atomic mass is 127. The number of nitrogens with one attached hydrogen (secondary N) is 1. The molecule has 76 valence electrons. The van der Waals surface area contributed by atoms with Crippen LogP contribution in [0.15, 0.2) is 0 Å². The molecule has 0 amide bonds. The van der Waals surface area contributed by atoms with Crippen LogP contribution in [0.4, 0.5) is 0 Å². The Balaban J connectivity index is 2.87. The maximum atomic E-state index is 9.92. The molecule has 0 aliphatic heterocycles. The molecule has 1 N–H and O–H groups in total. The fraction of sp³-hybridized carbons (Fsp3) is 0.857. The van der Waals surface area contributed by atoms with E-state index in [1.165, 1.54) is 0 Å². The first-order valence-electron chi connectivity index (χ1n) is 4.42. The van der Waals surface area contributed by atoms with Gasteiger partial charge in [-0.15, -0.1) is 31.5 Å². The summed E-state index contributed by atoms with van der Waals surface area (Å²) in [6, 6.07) is 0. The van der Waals surface area contributed by atoms with Gasteiger partial charge in [-0.05, 0) is 19.4 Å². The van der Waals surface area contributed by atoms with Crippen LogP contribution in [0.5, 0.6) is 0 Å². The van der Waals surface area contributed by atoms with Crippen molar-refractivity contribution in [1.82, 2.24) is 5.23 Å². The Hall–Kier alpha value is 0.815. The molecule has 0 saturated heterocycles. The average molecular weight is 315 g/mol. The zero-order valence-electron chi connectivity index (χ0n) is 7.67. The van der Waals surface area contributed by atoms with Crippen molar-refractivity contribution in [1.29, 1.82) is 0 Å². The van der Waals surface area contributed by atoms with Gasteiger partial charge in [0.2, 0.25) is 0 Å². The van der Waals surface area contributed by atoms with Crippen molar-refractivity contribution in [2.45, 2.75) is 19.3 Å². The van der Waals surface area contributed by atoms with Gasteiger partial charge in [0, 0.05) is 13.0 Å². The molecule has 6 heteroatoms. The standard InChI is InChI=1S/C7H16BINO2P/c9-8(13)10-4-1-2-6-12-7-3-5-11/h5,10H,1-4,6-7,13H2. The van der Waals surface area contributed by atoms with E-state index in [0.29, 0.717) is 17.5 Å². The Morgan fingerprint density at radius 3 is 2.85 bits per heavy atom. The zero-order valence-corrected chi connectivity index (χ0v) is 11.0. The molecule has 0 saturated carbocycles. The number of carbonyl (C=O) groups excluding carboxylic acids is 1. The highest BCUT2D eigenvalue weighted by Gasteiger charge is 1.98. The van der Waals surface area contributed by atoms with Crippen LogP contribution in [0.1, 0.15) is 19.3 Å². The number of rotatable bonds is 9. The lowest BCUT2D eigenvalue weighted by molar-refractivity contribution is -0.108. The van der Waals surface area contributed by atoms with E-state index in [9.17, 15) is 4.79 Å². The van der Waals surface area contributed by atoms with Crippen LogP contribution in [-0.2, 0) is 9.53 Å². The highest BCUT2D eigenvalue weighted by Crippen LogP contribution is 1.99. The van der Waals surface area contributed by atoms with Crippen LogP contribution in [0.25, 0.3) is 0 Å². The third kappa shape index (κ3) is 12.8. The quantitative estimate of drug-likeness (QED) is 0.229. The molecule has 0 aromatic rings. The summed E-state index contributed by atoms with van der Waals surface area (Å²) >= 11 is 2.30. The first-order valence-corrected chi connectivity index (χ1v) is 6.33. The molecule has 1 atom stereocenters. The van der Waals surface area contributed by atoms with Crippen molar-refractivity contribution in [3.05, 3.63) is 0 Å². The van der Waals surface area contributed by atoms with Crippen LogP contribution >= 0.6 is 31.5 Å². The molecule has 0 aliphatic rings. The van der Waals surface area contributed by atoms with Crippen LogP contribution in [0.2, 0.25) is 0 Å². The summed E-state index contributed by atoms with van der Waals surface area (Å²) in [6.45, 7) is 2.35. The topological polar surface area (TPSA) is 38.3 Å². The van der Waals surface area contributed by atoms with Gasteiger partial charge in [0.1, 0.15) is 6.29 Å². The lowest BCUT2D eigenvalue weighted by Gasteiger charge is -2.04. The number of hydrogen-bond acceptors (Lipinski definition) is 3. The fourth-order valence-corrected chi connectivity index (χ4v) is 1.28. The summed E-state index contributed by atoms with van der Waals surface area (Å²) in [5, 5.41) is 3.29. The molecule has 0 rings (SSSR count). The summed E-state index contributed by atoms with van der Waals surface area (Å²) in [4.78, 5) is 9.92. The number of halogens is 1. The summed E-state index contributed by atoms with van der Waals surface area (Å²) in [5.41, 5.74) is 0. The van der Waals surface area contributed by atoms with Gasteiger partial charge in [0.15, 0.2) is 0 Å². The second kappa shape index (κ2) is 10.9. The van der Waals surface area contributed by atoms with Crippen molar-refractivity contribution in [2.75, 3.05) is 19.8 Å². The minimum Gasteiger partial charge on any atom is -0.381 e. The minimum absolute atomic E-state index is 0.452. The largest absolute Gasteiger partial charge is 0.381 e. The van der Waals surface area contributed by atoms with E-state index in [4.69, 9.17) is 4.74 Å². The van der Waals surface area contributed by atoms with E-state index in [0.717, 1.165) is 32.3 Å². The summed E-state index contributed by atoms with van der Waals surface area (Å²) < 4.78 is 5.67. The maximum Gasteiger partial charge on any atom is 0.316 e. The third-order valence-corrected chi connectivity index (χ3v) is 2.11. The number of carbonyl (C=O) groups is 1. The Bertz CT molecular complexity index is 129. The van der Waals surface area contributed by atoms with Gasteiger partial charge >= 0.3 is 4.42 Å². The van der Waals surface area contributed by atoms with Crippen LogP contribution in [-0.4, -0.2) is 30.5 Å². The summed E-state index contributed by atoms with van der Waals surface area (Å²) in [7, 11) is 2.68. The number of unbranched alkanes of at least 4 members (excludes halogenated alkanes) is 1. The van der Waals surface area contributed by atoms with Gasteiger partial charge in [-0.25, -0.2) is 0 Å². The summed E-state index contributed by atoms with van der Waals surface area (Å²) in [5.74, 6) is 0. The monoisotopic (exact) mass is 315 g/mol. The second-order valence-corrected chi connectivity index (χ2v) is 6.00. The van der Waals surface area contributed by atoms with Gasteiger partial charge in [-0.3, -0.25) is 0 Å². The molecule has 0 spiro atoms. The number of ether oxygens (including phenoxy) is 1. The van der Waals surface area contributed by atoms with E-state index in [-0.39, 0.29) is 0 Å². The first kappa shape index (κ1) is 13.8. The predicted molar refractivity (Wildman–Crippen MR) is 68.2 cm³/mol. The molecule has 0 heterocycles. The Morgan fingerprint density at radius 2 is 2.23 bits per heavy atom. The molecule has 3 nitrogen and oxygen atoms in total. The number of hydrogen-bond donors (Lipinski definition) is 1. The third-order valence-electron chi connectivity index (χ3n) is 1.43. The minimum atomic E-state index is 0.452. The Labute approximate surface area is 95.9 Å². The Morgan fingerprint density at radius 1 is 1.46 bits per heavy atom. The molecule has 1 unspecified atom stereocenters. The van der Waals surface area contributed by atoms with Gasteiger partial charge < -0.3 is 14.8 Å². The van der Waals surface area contributed by atoms with E-state index in [1.54, 1.807) is 0 Å². The molecular formula is C7H16BINO2P. The zero-order chi connectivity index (χ0) is 9.94. The van der Waals surface area contributed by atoms with E-state index in [1.807, 2.05) is 0 Å². The maximum absolute atomic E-state index is 9.92. The van der Waals surface area contributed by atoms with Crippen LogP contribution in [0, 0.1) is 0 Å². The lowest BCUT2D eigenvalue weighted by Crippen LogP contribution is -2.23. The second-order valence-electron chi connectivity index (χ2n) is 2.63. The lowest BCUT2D eigenvalue weighted by atomic mass is 10.3. The normalized spacial score (nSPS) is 10.0. The first-order chi connectivity index (χ1) is 6.27. The molecular weight excluding hydrogens is 299 g/mol. The van der Waals surface area contributed by atoms with Gasteiger partial charge in [0.05, 0.1) is 6.61 Å². The van der Waals surface area contributed by atoms with Crippen LogP contribution < -0.4 is 5.23 Å². The van der Waals surface area contributed by atoms with Crippen molar-refractivity contribution in [2.24, 2.45) is 0 Å². The number of aldehydes is 1. The van der Waals surface area contributed by atoms with Crippen molar-refractivity contribution >= 4 is 42.2 Å². The van der Waals surface area contributed by atoms with E-state index in [2.05, 4.69) is 36.7 Å². The Kier molecular flexibility index (Phi) is 11.6. The smallest absolute Gasteiger partial charge is 0.316 e. The van der Waals surface area contributed by atoms with Crippen molar-refractivity contribution < 1.29 is 9.53 Å². The van der Waals surface area contributed by atoms with Crippen molar-refractivity contribution in [3.8, 4) is 0 Å². The summed E-state index contributed by atoms with van der Waals surface area (Å²) in [6.07, 6.45) is 3.57. The molecule has 0 bridgehead atoms. The molecule has 0 aromatic heterocycles. The SMILES string of the molecule is O=CCCOCCCCNB(P)I. The van der Waals surface area contributed by atoms with Gasteiger partial charge in [0.25, 0.3) is 0 Å². The van der Waals surface area contributed by atoms with E-state index < -0.39 is 0 Å². The molecule has 0 radical (unpaired) electrons. The average Bonchev–Trinajstić information content (AvgIpc) is 2.09. The van der Waals surface area contributed by atoms with Crippen LogP contribution in [0.3, 0.4) is 0 Å². The molecule has 13 heavy (non-hydrogen) atoms. The van der Waals surface area contributed by atoms with Crippen molar-refractivity contribution in [3.63, 3.8) is 0 Å².